The quantitative estimate of drug-likeness (QED) is 0.753. The Balaban J connectivity index is 1.52. The van der Waals surface area contributed by atoms with Gasteiger partial charge in [0.25, 0.3) is 0 Å². The van der Waals surface area contributed by atoms with Crippen molar-refractivity contribution in [2.24, 2.45) is 5.92 Å². The molecule has 0 saturated carbocycles. The summed E-state index contributed by atoms with van der Waals surface area (Å²) in [7, 11) is 0. The molecule has 0 bridgehead atoms. The molecule has 1 aliphatic rings. The summed E-state index contributed by atoms with van der Waals surface area (Å²) in [5.41, 5.74) is 2.08. The molecule has 0 unspecified atom stereocenters. The monoisotopic (exact) mass is 356 g/mol. The fraction of sp³-hybridized carbons (Fsp3) is 0.294. The van der Waals surface area contributed by atoms with E-state index in [-0.39, 0.29) is 11.8 Å². The number of carbonyl (C=O) groups excluding carboxylic acids is 1. The van der Waals surface area contributed by atoms with Crippen LogP contribution >= 0.6 is 11.6 Å². The number of hydrogen-bond acceptors (Lipinski definition) is 5. The summed E-state index contributed by atoms with van der Waals surface area (Å²) in [6.07, 6.45) is 4.87. The summed E-state index contributed by atoms with van der Waals surface area (Å²) in [6.45, 7) is 1.45. The maximum absolute atomic E-state index is 12.7. The number of H-pyrrole nitrogens is 1. The van der Waals surface area contributed by atoms with Crippen LogP contribution in [0.4, 0.5) is 11.5 Å². The molecule has 0 spiro atoms. The number of para-hydroxylation sites is 1. The molecular formula is C17H17ClN6O. The number of carbonyl (C=O) groups is 1. The van der Waals surface area contributed by atoms with Gasteiger partial charge in [-0.25, -0.2) is 15.0 Å². The van der Waals surface area contributed by atoms with Crippen molar-refractivity contribution in [1.29, 1.82) is 0 Å². The van der Waals surface area contributed by atoms with Crippen LogP contribution in [0.5, 0.6) is 0 Å². The van der Waals surface area contributed by atoms with Crippen molar-refractivity contribution in [2.75, 3.05) is 23.3 Å². The lowest BCUT2D eigenvalue weighted by molar-refractivity contribution is -0.120. The van der Waals surface area contributed by atoms with Gasteiger partial charge in [-0.15, -0.1) is 0 Å². The Hall–Kier alpha value is -2.67. The highest BCUT2D eigenvalue weighted by atomic mass is 35.5. The summed E-state index contributed by atoms with van der Waals surface area (Å²) in [5.74, 6) is 0.642. The Morgan fingerprint density at radius 2 is 2.16 bits per heavy atom. The molecule has 25 heavy (non-hydrogen) atoms. The average Bonchev–Trinajstić information content (AvgIpc) is 3.12. The zero-order valence-corrected chi connectivity index (χ0v) is 14.2. The molecule has 1 aliphatic heterocycles. The van der Waals surface area contributed by atoms with Crippen LogP contribution in [0.3, 0.4) is 0 Å². The second-order valence-corrected chi connectivity index (χ2v) is 6.46. The van der Waals surface area contributed by atoms with E-state index in [1.54, 1.807) is 18.5 Å². The second-order valence-electron chi connectivity index (χ2n) is 6.05. The first-order chi connectivity index (χ1) is 12.2. The Morgan fingerprint density at radius 1 is 1.28 bits per heavy atom. The van der Waals surface area contributed by atoms with Crippen LogP contribution in [-0.2, 0) is 4.79 Å². The van der Waals surface area contributed by atoms with Crippen molar-refractivity contribution in [3.05, 3.63) is 41.9 Å². The fourth-order valence-corrected chi connectivity index (χ4v) is 3.36. The predicted octanol–water partition coefficient (Wildman–Crippen LogP) is 2.86. The van der Waals surface area contributed by atoms with Crippen LogP contribution in [0.2, 0.25) is 5.02 Å². The van der Waals surface area contributed by atoms with E-state index in [2.05, 4.69) is 30.2 Å². The summed E-state index contributed by atoms with van der Waals surface area (Å²) in [6, 6.07) is 7.26. The molecule has 4 rings (SSSR count). The number of benzene rings is 1. The van der Waals surface area contributed by atoms with Crippen LogP contribution in [-0.4, -0.2) is 38.9 Å². The van der Waals surface area contributed by atoms with Crippen molar-refractivity contribution >= 4 is 40.2 Å². The normalized spacial score (nSPS) is 17.6. The lowest BCUT2D eigenvalue weighted by atomic mass is 9.97. The van der Waals surface area contributed by atoms with Crippen molar-refractivity contribution < 1.29 is 4.79 Å². The first kappa shape index (κ1) is 15.8. The van der Waals surface area contributed by atoms with Crippen molar-refractivity contribution in [1.82, 2.24) is 19.9 Å². The summed E-state index contributed by atoms with van der Waals surface area (Å²) < 4.78 is 0. The Labute approximate surface area is 149 Å². The molecule has 128 valence electrons. The molecule has 7 nitrogen and oxygen atoms in total. The molecule has 3 heterocycles. The SMILES string of the molecule is O=C(Nc1ccccc1Cl)[C@H]1CCCN(c2ncnc3nc[nH]c23)C1. The van der Waals surface area contributed by atoms with Gasteiger partial charge in [-0.3, -0.25) is 4.79 Å². The number of anilines is 2. The van der Waals surface area contributed by atoms with E-state index in [1.807, 2.05) is 12.1 Å². The first-order valence-corrected chi connectivity index (χ1v) is 8.54. The maximum atomic E-state index is 12.7. The molecule has 3 aromatic rings. The molecule has 1 atom stereocenters. The number of rotatable bonds is 3. The smallest absolute Gasteiger partial charge is 0.229 e. The number of halogens is 1. The lowest BCUT2D eigenvalue weighted by Gasteiger charge is -2.32. The van der Waals surface area contributed by atoms with Crippen molar-refractivity contribution in [3.63, 3.8) is 0 Å². The third kappa shape index (κ3) is 3.15. The molecule has 1 aromatic carbocycles. The van der Waals surface area contributed by atoms with Gasteiger partial charge < -0.3 is 15.2 Å². The van der Waals surface area contributed by atoms with Crippen molar-refractivity contribution in [2.45, 2.75) is 12.8 Å². The van der Waals surface area contributed by atoms with Crippen LogP contribution < -0.4 is 10.2 Å². The lowest BCUT2D eigenvalue weighted by Crippen LogP contribution is -2.41. The van der Waals surface area contributed by atoms with E-state index < -0.39 is 0 Å². The third-order valence-electron chi connectivity index (χ3n) is 4.43. The van der Waals surface area contributed by atoms with E-state index in [1.165, 1.54) is 6.33 Å². The molecule has 0 aliphatic carbocycles. The van der Waals surface area contributed by atoms with Crippen LogP contribution in [0.1, 0.15) is 12.8 Å². The number of hydrogen-bond donors (Lipinski definition) is 2. The number of aromatic amines is 1. The molecule has 2 aromatic heterocycles. The predicted molar refractivity (Wildman–Crippen MR) is 96.7 cm³/mol. The fourth-order valence-electron chi connectivity index (χ4n) is 3.17. The van der Waals surface area contributed by atoms with Gasteiger partial charge in [-0.2, -0.15) is 0 Å². The maximum Gasteiger partial charge on any atom is 0.229 e. The Bertz CT molecular complexity index is 911. The molecular weight excluding hydrogens is 340 g/mol. The number of fused-ring (bicyclic) bond motifs is 1. The molecule has 1 saturated heterocycles. The minimum Gasteiger partial charge on any atom is -0.354 e. The zero-order chi connectivity index (χ0) is 17.2. The van der Waals surface area contributed by atoms with Gasteiger partial charge in [0, 0.05) is 13.1 Å². The highest BCUT2D eigenvalue weighted by molar-refractivity contribution is 6.33. The summed E-state index contributed by atoms with van der Waals surface area (Å²) in [5, 5.41) is 3.47. The van der Waals surface area contributed by atoms with Gasteiger partial charge in [-0.05, 0) is 25.0 Å². The molecule has 1 amide bonds. The van der Waals surface area contributed by atoms with Crippen molar-refractivity contribution in [3.8, 4) is 0 Å². The molecule has 8 heteroatoms. The highest BCUT2D eigenvalue weighted by Gasteiger charge is 2.28. The van der Waals surface area contributed by atoms with E-state index >= 15 is 0 Å². The average molecular weight is 357 g/mol. The summed E-state index contributed by atoms with van der Waals surface area (Å²) in [4.78, 5) is 30.5. The van der Waals surface area contributed by atoms with Gasteiger partial charge in [0.2, 0.25) is 5.91 Å². The largest absolute Gasteiger partial charge is 0.354 e. The number of aromatic nitrogens is 4. The number of amides is 1. The molecule has 0 radical (unpaired) electrons. The van der Waals surface area contributed by atoms with Gasteiger partial charge in [-0.1, -0.05) is 23.7 Å². The molecule has 2 N–H and O–H groups in total. The van der Waals surface area contributed by atoms with Crippen LogP contribution in [0.15, 0.2) is 36.9 Å². The van der Waals surface area contributed by atoms with Gasteiger partial charge in [0.1, 0.15) is 11.8 Å². The number of nitrogens with one attached hydrogen (secondary N) is 2. The Kier molecular flexibility index (Phi) is 4.23. The second kappa shape index (κ2) is 6.68. The van der Waals surface area contributed by atoms with Gasteiger partial charge in [0.05, 0.1) is 23.0 Å². The number of nitrogens with zero attached hydrogens (tertiary/aromatic N) is 4. The van der Waals surface area contributed by atoms with E-state index in [4.69, 9.17) is 11.6 Å². The number of piperidine rings is 1. The zero-order valence-electron chi connectivity index (χ0n) is 13.4. The topological polar surface area (TPSA) is 86.8 Å². The Morgan fingerprint density at radius 3 is 3.04 bits per heavy atom. The molecule has 1 fully saturated rings. The summed E-state index contributed by atoms with van der Waals surface area (Å²) >= 11 is 6.13. The minimum atomic E-state index is -0.127. The first-order valence-electron chi connectivity index (χ1n) is 8.17. The van der Waals surface area contributed by atoms with Crippen LogP contribution in [0.25, 0.3) is 11.2 Å². The standard InChI is InChI=1S/C17H17ClN6O/c18-12-5-1-2-6-13(12)23-17(25)11-4-3-7-24(8-11)16-14-15(20-9-19-14)21-10-22-16/h1-2,5-6,9-11H,3-4,7-8H2,(H,23,25)(H,19,20,21,22)/t11-/m0/s1. The minimum absolute atomic E-state index is 0.0206. The highest BCUT2D eigenvalue weighted by Crippen LogP contribution is 2.27. The van der Waals surface area contributed by atoms with E-state index in [9.17, 15) is 4.79 Å². The van der Waals surface area contributed by atoms with E-state index in [0.29, 0.717) is 22.9 Å². The number of imidazole rings is 1. The van der Waals surface area contributed by atoms with Crippen LogP contribution in [0, 0.1) is 5.92 Å². The van der Waals surface area contributed by atoms with Gasteiger partial charge in [0.15, 0.2) is 11.5 Å². The van der Waals surface area contributed by atoms with E-state index in [0.717, 1.165) is 30.7 Å². The third-order valence-corrected chi connectivity index (χ3v) is 4.76. The van der Waals surface area contributed by atoms with Gasteiger partial charge >= 0.3 is 0 Å².